The van der Waals surface area contributed by atoms with Crippen LogP contribution in [0, 0.1) is 6.92 Å². The second-order valence-corrected chi connectivity index (χ2v) is 3.51. The number of hydrogen-bond donors (Lipinski definition) is 0. The van der Waals surface area contributed by atoms with Crippen molar-refractivity contribution in [1.82, 2.24) is 14.9 Å². The Morgan fingerprint density at radius 3 is 3.15 bits per heavy atom. The Kier molecular flexibility index (Phi) is 2.27. The van der Waals surface area contributed by atoms with Crippen molar-refractivity contribution in [3.05, 3.63) is 23.3 Å². The van der Waals surface area contributed by atoms with E-state index in [1.165, 1.54) is 11.3 Å². The molecule has 1 aliphatic heterocycles. The van der Waals surface area contributed by atoms with Crippen LogP contribution in [0.4, 0.5) is 0 Å². The minimum Gasteiger partial charge on any atom is -0.299 e. The number of aromatic nitrogens is 2. The molecule has 0 bridgehead atoms. The van der Waals surface area contributed by atoms with Crippen LogP contribution >= 0.6 is 0 Å². The molecule has 0 unspecified atom stereocenters. The van der Waals surface area contributed by atoms with Crippen molar-refractivity contribution >= 4 is 0 Å². The third-order valence-corrected chi connectivity index (χ3v) is 2.58. The van der Waals surface area contributed by atoms with Gasteiger partial charge in [0.15, 0.2) is 0 Å². The smallest absolute Gasteiger partial charge is 0.125 e. The summed E-state index contributed by atoms with van der Waals surface area (Å²) in [6.07, 6.45) is 3.05. The molecule has 0 fully saturated rings. The van der Waals surface area contributed by atoms with E-state index in [4.69, 9.17) is 0 Å². The van der Waals surface area contributed by atoms with E-state index in [0.29, 0.717) is 0 Å². The van der Waals surface area contributed by atoms with Crippen LogP contribution < -0.4 is 0 Å². The Balaban J connectivity index is 2.26. The van der Waals surface area contributed by atoms with Gasteiger partial charge in [0, 0.05) is 37.0 Å². The van der Waals surface area contributed by atoms with Crippen LogP contribution in [0.3, 0.4) is 0 Å². The fraction of sp³-hybridized carbons (Fsp3) is 0.600. The number of likely N-dealkylation sites (N-methyl/N-ethyl adjacent to an activating group) is 1. The van der Waals surface area contributed by atoms with Crippen LogP contribution in [0.25, 0.3) is 0 Å². The molecule has 1 aliphatic rings. The molecule has 0 aromatic carbocycles. The van der Waals surface area contributed by atoms with Crippen LogP contribution in [0.15, 0.2) is 6.20 Å². The zero-order chi connectivity index (χ0) is 9.26. The summed E-state index contributed by atoms with van der Waals surface area (Å²) in [6.45, 7) is 7.42. The summed E-state index contributed by atoms with van der Waals surface area (Å²) in [7, 11) is 0. The maximum Gasteiger partial charge on any atom is 0.125 e. The summed E-state index contributed by atoms with van der Waals surface area (Å²) in [5.74, 6) is 0.892. The number of rotatable bonds is 1. The van der Waals surface area contributed by atoms with E-state index in [0.717, 1.165) is 31.9 Å². The van der Waals surface area contributed by atoms with Crippen molar-refractivity contribution in [2.45, 2.75) is 26.8 Å². The van der Waals surface area contributed by atoms with E-state index in [1.54, 1.807) is 0 Å². The van der Waals surface area contributed by atoms with Crippen LogP contribution in [-0.4, -0.2) is 28.0 Å². The first-order chi connectivity index (χ1) is 6.29. The molecule has 70 valence electrons. The van der Waals surface area contributed by atoms with Gasteiger partial charge in [0.05, 0.1) is 0 Å². The van der Waals surface area contributed by atoms with E-state index >= 15 is 0 Å². The Bertz CT molecular complexity index is 309. The second kappa shape index (κ2) is 3.42. The van der Waals surface area contributed by atoms with Crippen LogP contribution in [0.5, 0.6) is 0 Å². The summed E-state index contributed by atoms with van der Waals surface area (Å²) in [4.78, 5) is 11.1. The number of aryl methyl sites for hydroxylation is 1. The highest BCUT2D eigenvalue weighted by Gasteiger charge is 2.15. The number of hydrogen-bond acceptors (Lipinski definition) is 3. The van der Waals surface area contributed by atoms with Gasteiger partial charge in [0.25, 0.3) is 0 Å². The molecular formula is C10H15N3. The van der Waals surface area contributed by atoms with E-state index in [2.05, 4.69) is 21.8 Å². The summed E-state index contributed by atoms with van der Waals surface area (Å²) in [5.41, 5.74) is 2.55. The summed E-state index contributed by atoms with van der Waals surface area (Å²) in [5, 5.41) is 0. The molecule has 2 rings (SSSR count). The lowest BCUT2D eigenvalue weighted by Crippen LogP contribution is -2.31. The molecule has 3 nitrogen and oxygen atoms in total. The van der Waals surface area contributed by atoms with Gasteiger partial charge in [-0.3, -0.25) is 4.90 Å². The monoisotopic (exact) mass is 177 g/mol. The molecule has 0 radical (unpaired) electrons. The van der Waals surface area contributed by atoms with Gasteiger partial charge in [-0.15, -0.1) is 0 Å². The third kappa shape index (κ3) is 1.70. The molecule has 0 saturated carbocycles. The van der Waals surface area contributed by atoms with E-state index in [9.17, 15) is 0 Å². The Labute approximate surface area is 78.8 Å². The topological polar surface area (TPSA) is 29.0 Å². The Hall–Kier alpha value is -0.960. The van der Waals surface area contributed by atoms with Crippen LogP contribution in [0.1, 0.15) is 24.0 Å². The molecule has 0 atom stereocenters. The van der Waals surface area contributed by atoms with Gasteiger partial charge in [-0.05, 0) is 13.5 Å². The standard InChI is InChI=1S/C10H15N3/c1-3-13-5-4-10-9(7-13)6-11-8(2)12-10/h6H,3-5,7H2,1-2H3. The first-order valence-electron chi connectivity index (χ1n) is 4.83. The average molecular weight is 177 g/mol. The maximum atomic E-state index is 4.44. The van der Waals surface area contributed by atoms with Crippen molar-refractivity contribution < 1.29 is 0 Å². The quantitative estimate of drug-likeness (QED) is 0.644. The van der Waals surface area contributed by atoms with Crippen molar-refractivity contribution in [3.8, 4) is 0 Å². The third-order valence-electron chi connectivity index (χ3n) is 2.58. The molecular weight excluding hydrogens is 162 g/mol. The molecule has 1 aromatic heterocycles. The van der Waals surface area contributed by atoms with Crippen molar-refractivity contribution in [2.24, 2.45) is 0 Å². The number of nitrogens with zero attached hydrogens (tertiary/aromatic N) is 3. The van der Waals surface area contributed by atoms with Gasteiger partial charge >= 0.3 is 0 Å². The van der Waals surface area contributed by atoms with Crippen molar-refractivity contribution in [3.63, 3.8) is 0 Å². The second-order valence-electron chi connectivity index (χ2n) is 3.51. The van der Waals surface area contributed by atoms with Crippen LogP contribution in [-0.2, 0) is 13.0 Å². The molecule has 2 heterocycles. The largest absolute Gasteiger partial charge is 0.299 e. The Morgan fingerprint density at radius 1 is 1.54 bits per heavy atom. The van der Waals surface area contributed by atoms with Crippen molar-refractivity contribution in [2.75, 3.05) is 13.1 Å². The molecule has 13 heavy (non-hydrogen) atoms. The van der Waals surface area contributed by atoms with Gasteiger partial charge < -0.3 is 0 Å². The maximum absolute atomic E-state index is 4.44. The SMILES string of the molecule is CCN1CCc2nc(C)ncc2C1. The normalized spacial score (nSPS) is 17.1. The minimum absolute atomic E-state index is 0.892. The molecule has 0 aliphatic carbocycles. The van der Waals surface area contributed by atoms with Gasteiger partial charge in [-0.2, -0.15) is 0 Å². The molecule has 0 N–H and O–H groups in total. The fourth-order valence-corrected chi connectivity index (χ4v) is 1.74. The molecule has 0 amide bonds. The van der Waals surface area contributed by atoms with Crippen LogP contribution in [0.2, 0.25) is 0 Å². The highest BCUT2D eigenvalue weighted by molar-refractivity contribution is 5.20. The van der Waals surface area contributed by atoms with Gasteiger partial charge in [-0.1, -0.05) is 6.92 Å². The lowest BCUT2D eigenvalue weighted by molar-refractivity contribution is 0.265. The lowest BCUT2D eigenvalue weighted by Gasteiger charge is -2.26. The Morgan fingerprint density at radius 2 is 2.38 bits per heavy atom. The first kappa shape index (κ1) is 8.63. The predicted molar refractivity (Wildman–Crippen MR) is 51.4 cm³/mol. The van der Waals surface area contributed by atoms with Crippen molar-refractivity contribution in [1.29, 1.82) is 0 Å². The van der Waals surface area contributed by atoms with Gasteiger partial charge in [-0.25, -0.2) is 9.97 Å². The summed E-state index contributed by atoms with van der Waals surface area (Å²) in [6, 6.07) is 0. The first-order valence-corrected chi connectivity index (χ1v) is 4.83. The number of fused-ring (bicyclic) bond motifs is 1. The molecule has 0 spiro atoms. The lowest BCUT2D eigenvalue weighted by atomic mass is 10.1. The summed E-state index contributed by atoms with van der Waals surface area (Å²) < 4.78 is 0. The van der Waals surface area contributed by atoms with Gasteiger partial charge in [0.2, 0.25) is 0 Å². The zero-order valence-corrected chi connectivity index (χ0v) is 8.25. The zero-order valence-electron chi connectivity index (χ0n) is 8.25. The molecule has 3 heteroatoms. The van der Waals surface area contributed by atoms with E-state index in [-0.39, 0.29) is 0 Å². The molecule has 1 aromatic rings. The highest BCUT2D eigenvalue weighted by Crippen LogP contribution is 2.15. The molecule has 0 saturated heterocycles. The van der Waals surface area contributed by atoms with E-state index < -0.39 is 0 Å². The minimum atomic E-state index is 0.892. The highest BCUT2D eigenvalue weighted by atomic mass is 15.1. The predicted octanol–water partition coefficient (Wildman–Crippen LogP) is 1.16. The fourth-order valence-electron chi connectivity index (χ4n) is 1.74. The summed E-state index contributed by atoms with van der Waals surface area (Å²) >= 11 is 0. The van der Waals surface area contributed by atoms with E-state index in [1.807, 2.05) is 13.1 Å². The van der Waals surface area contributed by atoms with Gasteiger partial charge in [0.1, 0.15) is 5.82 Å². The average Bonchev–Trinajstić information content (AvgIpc) is 2.17.